The summed E-state index contributed by atoms with van der Waals surface area (Å²) >= 11 is 0. The maximum Gasteiger partial charge on any atom is 0.264 e. The van der Waals surface area contributed by atoms with E-state index < -0.39 is 5.54 Å². The molecule has 1 aromatic heterocycles. The van der Waals surface area contributed by atoms with Crippen molar-refractivity contribution >= 4 is 28.4 Å². The van der Waals surface area contributed by atoms with Gasteiger partial charge in [-0.1, -0.05) is 50.2 Å². The van der Waals surface area contributed by atoms with Crippen LogP contribution in [0.25, 0.3) is 10.9 Å². The molecule has 0 saturated heterocycles. The minimum Gasteiger partial charge on any atom is -0.355 e. The van der Waals surface area contributed by atoms with Crippen molar-refractivity contribution in [1.29, 1.82) is 0 Å². The van der Waals surface area contributed by atoms with E-state index in [1.807, 2.05) is 47.4 Å². The zero-order valence-corrected chi connectivity index (χ0v) is 17.0. The van der Waals surface area contributed by atoms with Crippen LogP contribution in [0.5, 0.6) is 0 Å². The number of rotatable bonds is 2. The van der Waals surface area contributed by atoms with Crippen LogP contribution in [0.15, 0.2) is 48.5 Å². The first kappa shape index (κ1) is 18.0. The van der Waals surface area contributed by atoms with E-state index in [9.17, 15) is 9.59 Å². The quantitative estimate of drug-likeness (QED) is 0.727. The van der Waals surface area contributed by atoms with Crippen molar-refractivity contribution in [3.05, 3.63) is 65.4 Å². The number of para-hydroxylation sites is 2. The largest absolute Gasteiger partial charge is 0.355 e. The van der Waals surface area contributed by atoms with Crippen LogP contribution in [0.3, 0.4) is 0 Å². The maximum absolute atomic E-state index is 14.1. The highest BCUT2D eigenvalue weighted by Crippen LogP contribution is 2.52. The molecule has 0 fully saturated rings. The van der Waals surface area contributed by atoms with Gasteiger partial charge in [-0.25, -0.2) is 0 Å². The summed E-state index contributed by atoms with van der Waals surface area (Å²) < 4.78 is 0. The van der Waals surface area contributed by atoms with Crippen molar-refractivity contribution in [2.24, 2.45) is 5.92 Å². The zero-order valence-electron chi connectivity index (χ0n) is 17.0. The number of H-pyrrole nitrogens is 1. The van der Waals surface area contributed by atoms with Gasteiger partial charge in [0, 0.05) is 36.5 Å². The third-order valence-electron chi connectivity index (χ3n) is 6.23. The fourth-order valence-electron chi connectivity index (χ4n) is 5.17. The molecule has 2 aliphatic rings. The van der Waals surface area contributed by atoms with Crippen molar-refractivity contribution in [2.75, 3.05) is 18.0 Å². The van der Waals surface area contributed by atoms with Crippen molar-refractivity contribution in [1.82, 2.24) is 9.88 Å². The van der Waals surface area contributed by atoms with E-state index >= 15 is 0 Å². The molecule has 5 rings (SSSR count). The normalized spacial score (nSPS) is 20.6. The van der Waals surface area contributed by atoms with Crippen LogP contribution in [0.2, 0.25) is 0 Å². The van der Waals surface area contributed by atoms with Gasteiger partial charge in [0.05, 0.1) is 11.4 Å². The second kappa shape index (κ2) is 6.21. The average molecular weight is 387 g/mol. The number of carbonyl (C=O) groups excluding carboxylic acids is 2. The fraction of sp³-hybridized carbons (Fsp3) is 0.333. The lowest BCUT2D eigenvalue weighted by Crippen LogP contribution is -2.59. The third-order valence-corrected chi connectivity index (χ3v) is 6.23. The number of fused-ring (bicyclic) bond motifs is 6. The Labute approximate surface area is 170 Å². The minimum absolute atomic E-state index is 0.0323. The third kappa shape index (κ3) is 2.27. The number of carbonyl (C=O) groups is 2. The van der Waals surface area contributed by atoms with Gasteiger partial charge in [-0.15, -0.1) is 0 Å². The van der Waals surface area contributed by atoms with Crippen LogP contribution in [0, 0.1) is 5.92 Å². The molecule has 0 saturated carbocycles. The standard InChI is InChI=1S/C24H25N3O2/c1-15(2)14-26-21-11-7-5-9-19(21)24(23(26)29)22-18(12-13-27(24)16(3)28)17-8-4-6-10-20(17)25-22/h4-11,15,25H,12-14H2,1-3H3. The highest BCUT2D eigenvalue weighted by Gasteiger charge is 2.60. The van der Waals surface area contributed by atoms with E-state index in [0.717, 1.165) is 39.8 Å². The zero-order chi connectivity index (χ0) is 20.3. The van der Waals surface area contributed by atoms with Crippen molar-refractivity contribution in [3.63, 3.8) is 0 Å². The highest BCUT2D eigenvalue weighted by atomic mass is 16.2. The molecule has 0 bridgehead atoms. The molecule has 1 unspecified atom stereocenters. The number of nitrogens with zero attached hydrogens (tertiary/aromatic N) is 2. The minimum atomic E-state index is -1.12. The number of hydrogen-bond acceptors (Lipinski definition) is 2. The van der Waals surface area contributed by atoms with Gasteiger partial charge in [0.1, 0.15) is 0 Å². The first-order valence-electron chi connectivity index (χ1n) is 10.3. The van der Waals surface area contributed by atoms with Crippen LogP contribution >= 0.6 is 0 Å². The molecular formula is C24H25N3O2. The second-order valence-corrected chi connectivity index (χ2v) is 8.48. The molecule has 3 aromatic rings. The van der Waals surface area contributed by atoms with Gasteiger partial charge in [0.25, 0.3) is 5.91 Å². The molecule has 1 atom stereocenters. The van der Waals surface area contributed by atoms with Gasteiger partial charge >= 0.3 is 0 Å². The van der Waals surface area contributed by atoms with E-state index in [1.165, 1.54) is 0 Å². The Morgan fingerprint density at radius 3 is 2.62 bits per heavy atom. The van der Waals surface area contributed by atoms with E-state index in [1.54, 1.807) is 11.8 Å². The Balaban J connectivity index is 1.86. The summed E-state index contributed by atoms with van der Waals surface area (Å²) in [5.41, 5.74) is 3.69. The maximum atomic E-state index is 14.1. The topological polar surface area (TPSA) is 56.4 Å². The van der Waals surface area contributed by atoms with E-state index in [2.05, 4.69) is 24.9 Å². The molecule has 5 heteroatoms. The molecule has 1 spiro atoms. The van der Waals surface area contributed by atoms with Crippen molar-refractivity contribution < 1.29 is 9.59 Å². The molecule has 0 aliphatic carbocycles. The van der Waals surface area contributed by atoms with Crippen LogP contribution in [-0.4, -0.2) is 34.8 Å². The number of nitrogens with one attached hydrogen (secondary N) is 1. The van der Waals surface area contributed by atoms with E-state index in [-0.39, 0.29) is 11.8 Å². The Morgan fingerprint density at radius 2 is 1.86 bits per heavy atom. The first-order valence-corrected chi connectivity index (χ1v) is 10.3. The van der Waals surface area contributed by atoms with Crippen LogP contribution in [0.1, 0.15) is 37.6 Å². The van der Waals surface area contributed by atoms with Gasteiger partial charge in [-0.05, 0) is 30.0 Å². The lowest BCUT2D eigenvalue weighted by Gasteiger charge is -2.43. The van der Waals surface area contributed by atoms with Crippen LogP contribution in [-0.2, 0) is 21.5 Å². The van der Waals surface area contributed by atoms with Crippen LogP contribution in [0.4, 0.5) is 5.69 Å². The van der Waals surface area contributed by atoms with Crippen molar-refractivity contribution in [3.8, 4) is 0 Å². The second-order valence-electron chi connectivity index (χ2n) is 8.48. The molecule has 29 heavy (non-hydrogen) atoms. The van der Waals surface area contributed by atoms with Crippen molar-refractivity contribution in [2.45, 2.75) is 32.7 Å². The average Bonchev–Trinajstić information content (AvgIpc) is 3.19. The molecule has 2 aromatic carbocycles. The summed E-state index contributed by atoms with van der Waals surface area (Å²) in [6, 6.07) is 16.1. The summed E-state index contributed by atoms with van der Waals surface area (Å²) in [7, 11) is 0. The van der Waals surface area contributed by atoms with Gasteiger partial charge in [0.2, 0.25) is 5.91 Å². The van der Waals surface area contributed by atoms with Gasteiger partial charge in [-0.2, -0.15) is 0 Å². The summed E-state index contributed by atoms with van der Waals surface area (Å²) in [6.45, 7) is 6.94. The molecule has 2 aliphatic heterocycles. The number of anilines is 1. The number of aromatic nitrogens is 1. The number of benzene rings is 2. The van der Waals surface area contributed by atoms with E-state index in [0.29, 0.717) is 19.0 Å². The molecule has 0 radical (unpaired) electrons. The Hall–Kier alpha value is -3.08. The number of aromatic amines is 1. The summed E-state index contributed by atoms with van der Waals surface area (Å²) in [5.74, 6) is 0.206. The molecule has 3 heterocycles. The highest BCUT2D eigenvalue weighted by molar-refractivity contribution is 6.12. The SMILES string of the molecule is CC(=O)N1CCc2c([nH]c3ccccc23)C12C(=O)N(CC(C)C)c1ccccc12. The summed E-state index contributed by atoms with van der Waals surface area (Å²) in [4.78, 5) is 34.1. The number of amides is 2. The predicted octanol–water partition coefficient (Wildman–Crippen LogP) is 3.82. The summed E-state index contributed by atoms with van der Waals surface area (Å²) in [5, 5.41) is 1.14. The lowest BCUT2D eigenvalue weighted by atomic mass is 9.80. The molecule has 1 N–H and O–H groups in total. The molecule has 148 valence electrons. The van der Waals surface area contributed by atoms with Crippen LogP contribution < -0.4 is 4.90 Å². The summed E-state index contributed by atoms with van der Waals surface area (Å²) in [6.07, 6.45) is 0.736. The Bertz CT molecular complexity index is 1150. The molecule has 2 amide bonds. The predicted molar refractivity (Wildman–Crippen MR) is 114 cm³/mol. The first-order chi connectivity index (χ1) is 14.0. The fourth-order valence-corrected chi connectivity index (χ4v) is 5.17. The van der Waals surface area contributed by atoms with Gasteiger partial charge < -0.3 is 14.8 Å². The smallest absolute Gasteiger partial charge is 0.264 e. The van der Waals surface area contributed by atoms with Gasteiger partial charge in [0.15, 0.2) is 5.54 Å². The Morgan fingerprint density at radius 1 is 1.14 bits per heavy atom. The Kier molecular flexibility index (Phi) is 3.85. The molecular weight excluding hydrogens is 362 g/mol. The molecule has 5 nitrogen and oxygen atoms in total. The lowest BCUT2D eigenvalue weighted by molar-refractivity contribution is -0.143. The van der Waals surface area contributed by atoms with E-state index in [4.69, 9.17) is 0 Å². The number of hydrogen-bond donors (Lipinski definition) is 1. The monoisotopic (exact) mass is 387 g/mol. The van der Waals surface area contributed by atoms with Gasteiger partial charge in [-0.3, -0.25) is 9.59 Å².